The third-order valence-corrected chi connectivity index (χ3v) is 19.9. The van der Waals surface area contributed by atoms with E-state index in [2.05, 4.69) is 64.4 Å². The highest BCUT2D eigenvalue weighted by molar-refractivity contribution is 7.91. The van der Waals surface area contributed by atoms with Crippen molar-refractivity contribution >= 4 is 21.8 Å². The van der Waals surface area contributed by atoms with Crippen LogP contribution in [0.15, 0.2) is 35.5 Å². The maximum Gasteiger partial charge on any atom is 0.321 e. The molecule has 302 valence electrons. The Morgan fingerprint density at radius 2 is 1.57 bits per heavy atom. The van der Waals surface area contributed by atoms with Gasteiger partial charge in [0.1, 0.15) is 0 Å². The van der Waals surface area contributed by atoms with Crippen LogP contribution in [-0.2, 0) is 19.4 Å². The van der Waals surface area contributed by atoms with Crippen molar-refractivity contribution in [1.29, 1.82) is 0 Å². The minimum Gasteiger partial charge on any atom is -0.480 e. The van der Waals surface area contributed by atoms with E-state index in [-0.39, 0.29) is 34.5 Å². The largest absolute Gasteiger partial charge is 0.480 e. The lowest BCUT2D eigenvalue weighted by Crippen LogP contribution is -2.66. The van der Waals surface area contributed by atoms with Gasteiger partial charge in [-0.25, -0.2) is 8.42 Å². The van der Waals surface area contributed by atoms with Crippen molar-refractivity contribution in [3.63, 3.8) is 0 Å². The fourth-order valence-electron chi connectivity index (χ4n) is 15.1. The zero-order valence-electron chi connectivity index (χ0n) is 34.3. The third kappa shape index (κ3) is 6.13. The van der Waals surface area contributed by atoms with Gasteiger partial charge in [0.25, 0.3) is 0 Å². The average molecular weight is 767 g/mol. The summed E-state index contributed by atoms with van der Waals surface area (Å²) in [5.74, 6) is 1.24. The Morgan fingerprint density at radius 1 is 0.870 bits per heavy atom. The predicted molar refractivity (Wildman–Crippen MR) is 215 cm³/mol. The first-order valence-corrected chi connectivity index (χ1v) is 23.2. The summed E-state index contributed by atoms with van der Waals surface area (Å²) in [6.45, 7) is 24.1. The van der Waals surface area contributed by atoms with E-state index < -0.39 is 27.2 Å². The normalized spacial score (nSPS) is 42.3. The van der Waals surface area contributed by atoms with Gasteiger partial charge in [-0.05, 0) is 171 Å². The number of carboxylic acid groups (broad SMARTS) is 2. The summed E-state index contributed by atoms with van der Waals surface area (Å²) in [5.41, 5.74) is 3.11. The Balaban J connectivity index is 1.09. The molecule has 0 spiro atoms. The second-order valence-electron chi connectivity index (χ2n) is 20.7. The van der Waals surface area contributed by atoms with Gasteiger partial charge < -0.3 is 20.4 Å². The second kappa shape index (κ2) is 13.9. The molecule has 0 amide bonds. The highest BCUT2D eigenvalue weighted by atomic mass is 32.2. The van der Waals surface area contributed by atoms with Crippen molar-refractivity contribution in [3.05, 3.63) is 35.5 Å². The molecule has 4 saturated carbocycles. The molecule has 5 fully saturated rings. The van der Waals surface area contributed by atoms with Crippen LogP contribution >= 0.6 is 0 Å². The number of fused-ring (bicyclic) bond motifs is 7. The van der Waals surface area contributed by atoms with Crippen LogP contribution in [0.2, 0.25) is 0 Å². The van der Waals surface area contributed by atoms with Crippen molar-refractivity contribution in [1.82, 2.24) is 10.2 Å². The van der Waals surface area contributed by atoms with Crippen molar-refractivity contribution in [2.75, 3.05) is 44.2 Å². The fraction of sp³-hybridized carbons (Fsp3) is 0.822. The molecule has 9 atom stereocenters. The van der Waals surface area contributed by atoms with Gasteiger partial charge in [-0.2, -0.15) is 0 Å². The van der Waals surface area contributed by atoms with Gasteiger partial charge in [-0.15, -0.1) is 0 Å². The van der Waals surface area contributed by atoms with Gasteiger partial charge in [-0.1, -0.05) is 58.9 Å². The third-order valence-electron chi connectivity index (χ3n) is 18.2. The smallest absolute Gasteiger partial charge is 0.321 e. The van der Waals surface area contributed by atoms with Crippen LogP contribution < -0.4 is 5.32 Å². The summed E-state index contributed by atoms with van der Waals surface area (Å²) in [6, 6.07) is 0. The Labute approximate surface area is 326 Å². The van der Waals surface area contributed by atoms with Crippen LogP contribution in [0.5, 0.6) is 0 Å². The van der Waals surface area contributed by atoms with Gasteiger partial charge in [0.15, 0.2) is 15.3 Å². The Bertz CT molecular complexity index is 1690. The summed E-state index contributed by atoms with van der Waals surface area (Å²) < 4.78 is 23.8. The fourth-order valence-corrected chi connectivity index (χ4v) is 16.3. The Morgan fingerprint density at radius 3 is 2.20 bits per heavy atom. The van der Waals surface area contributed by atoms with E-state index in [1.165, 1.54) is 68.1 Å². The SMILES string of the molecule is C=C(C)C1CCC2(CNCCCN3CCS(=O)(=O)CC3)CCC3(C)C(CCC4C5(C)CC=C(C6=CCC(C(=O)O)(C(=O)O)CC6)C(C)(C)C5CCC43C)C12. The van der Waals surface area contributed by atoms with E-state index in [0.717, 1.165) is 32.5 Å². The summed E-state index contributed by atoms with van der Waals surface area (Å²) in [7, 11) is -2.84. The molecule has 6 aliphatic carbocycles. The molecular formula is C45H70N2O6S. The molecule has 8 nitrogen and oxygen atoms in total. The molecule has 9 unspecified atom stereocenters. The molecular weight excluding hydrogens is 697 g/mol. The summed E-state index contributed by atoms with van der Waals surface area (Å²) in [5, 5.41) is 23.7. The first-order chi connectivity index (χ1) is 25.3. The lowest BCUT2D eigenvalue weighted by Gasteiger charge is -2.72. The number of hydrogen-bond acceptors (Lipinski definition) is 6. The van der Waals surface area contributed by atoms with Crippen LogP contribution in [0, 0.1) is 62.1 Å². The quantitative estimate of drug-likeness (QED) is 0.116. The van der Waals surface area contributed by atoms with Crippen molar-refractivity contribution in [3.8, 4) is 0 Å². The number of allylic oxidation sites excluding steroid dienone is 5. The van der Waals surface area contributed by atoms with Crippen LogP contribution in [-0.4, -0.2) is 79.7 Å². The molecule has 7 rings (SSSR count). The molecule has 1 aliphatic heterocycles. The molecule has 1 heterocycles. The van der Waals surface area contributed by atoms with Crippen molar-refractivity contribution < 1.29 is 28.2 Å². The van der Waals surface area contributed by atoms with E-state index >= 15 is 0 Å². The van der Waals surface area contributed by atoms with E-state index in [0.29, 0.717) is 66.0 Å². The second-order valence-corrected chi connectivity index (χ2v) is 23.0. The minimum absolute atomic E-state index is 0.0546. The Hall–Kier alpha value is -1.97. The van der Waals surface area contributed by atoms with E-state index in [1.807, 2.05) is 6.08 Å². The molecule has 0 bridgehead atoms. The number of carboxylic acids is 2. The summed E-state index contributed by atoms with van der Waals surface area (Å²) in [6.07, 6.45) is 17.4. The maximum atomic E-state index is 12.1. The molecule has 9 heteroatoms. The van der Waals surface area contributed by atoms with Crippen molar-refractivity contribution in [2.45, 2.75) is 125 Å². The highest BCUT2D eigenvalue weighted by Crippen LogP contribution is 2.77. The number of rotatable bonds is 10. The highest BCUT2D eigenvalue weighted by Gasteiger charge is 2.70. The van der Waals surface area contributed by atoms with Gasteiger partial charge in [0, 0.05) is 19.6 Å². The molecule has 0 aromatic rings. The number of nitrogens with one attached hydrogen (secondary N) is 1. The molecule has 0 aromatic heterocycles. The first-order valence-electron chi connectivity index (χ1n) is 21.4. The number of nitrogens with zero attached hydrogens (tertiary/aromatic N) is 1. The van der Waals surface area contributed by atoms with Crippen LogP contribution in [0.25, 0.3) is 0 Å². The Kier molecular flexibility index (Phi) is 10.3. The monoisotopic (exact) mass is 766 g/mol. The van der Waals surface area contributed by atoms with E-state index in [9.17, 15) is 28.2 Å². The predicted octanol–water partition coefficient (Wildman–Crippen LogP) is 8.16. The topological polar surface area (TPSA) is 124 Å². The molecule has 3 N–H and O–H groups in total. The zero-order valence-corrected chi connectivity index (χ0v) is 35.1. The summed E-state index contributed by atoms with van der Waals surface area (Å²) in [4.78, 5) is 26.5. The van der Waals surface area contributed by atoms with Gasteiger partial charge >= 0.3 is 11.9 Å². The van der Waals surface area contributed by atoms with Crippen LogP contribution in [0.4, 0.5) is 0 Å². The minimum atomic E-state index is -2.84. The number of aliphatic carboxylic acids is 2. The van der Waals surface area contributed by atoms with E-state index in [1.54, 1.807) is 0 Å². The number of sulfone groups is 1. The average Bonchev–Trinajstić information content (AvgIpc) is 3.49. The van der Waals surface area contributed by atoms with Crippen LogP contribution in [0.1, 0.15) is 125 Å². The van der Waals surface area contributed by atoms with E-state index in [4.69, 9.17) is 0 Å². The van der Waals surface area contributed by atoms with Gasteiger partial charge in [-0.3, -0.25) is 9.59 Å². The van der Waals surface area contributed by atoms with Gasteiger partial charge in [0.2, 0.25) is 0 Å². The first kappa shape index (κ1) is 40.2. The van der Waals surface area contributed by atoms with Crippen LogP contribution in [0.3, 0.4) is 0 Å². The molecule has 1 saturated heterocycles. The zero-order chi connectivity index (χ0) is 39.1. The molecule has 7 aliphatic rings. The molecule has 0 aromatic carbocycles. The molecule has 54 heavy (non-hydrogen) atoms. The number of hydrogen-bond donors (Lipinski definition) is 3. The maximum absolute atomic E-state index is 12.1. The summed E-state index contributed by atoms with van der Waals surface area (Å²) >= 11 is 0. The lowest BCUT2D eigenvalue weighted by atomic mass is 9.32. The van der Waals surface area contributed by atoms with Crippen molar-refractivity contribution in [2.24, 2.45) is 62.1 Å². The standard InChI is InChI=1S/C45H70N2O6S/c1-30(2)32-13-18-44(29-46-23-8-24-47-25-27-54(52,53)28-26-47)22-21-42(6)34(37(32)44)9-10-36-41(5)16-14-33(40(3,4)35(41)15-17-43(36,42)7)31-11-19-45(20-12-31,38(48)49)39(50)51/h11,14,32,34-37,46H,1,8-10,12-13,15-29H2,2-7H3,(H,48,49)(H,50,51). The lowest BCUT2D eigenvalue weighted by molar-refractivity contribution is -0.226. The molecule has 0 radical (unpaired) electrons. The number of carbonyl (C=O) groups is 2. The van der Waals surface area contributed by atoms with Gasteiger partial charge in [0.05, 0.1) is 11.5 Å².